The van der Waals surface area contributed by atoms with Gasteiger partial charge >= 0.3 is 0 Å². The molecular weight excluding hydrogens is 160 g/mol. The van der Waals surface area contributed by atoms with Gasteiger partial charge in [-0.05, 0) is 24.5 Å². The summed E-state index contributed by atoms with van der Waals surface area (Å²) in [5.74, 6) is 0.710. The predicted molar refractivity (Wildman–Crippen MR) is 46.3 cm³/mol. The first-order valence-electron chi connectivity index (χ1n) is 3.11. The molecule has 11 heavy (non-hydrogen) atoms. The molecule has 1 aromatic heterocycles. The van der Waals surface area contributed by atoms with Crippen molar-refractivity contribution >= 4 is 24.1 Å². The van der Waals surface area contributed by atoms with Gasteiger partial charge in [0.25, 0.3) is 0 Å². The number of hydrogen-bond donors (Lipinski definition) is 0. The van der Waals surface area contributed by atoms with E-state index in [1.807, 2.05) is 6.26 Å². The Bertz CT molecular complexity index is 249. The van der Waals surface area contributed by atoms with E-state index in [1.54, 1.807) is 24.5 Å². The van der Waals surface area contributed by atoms with Crippen LogP contribution >= 0.6 is 11.8 Å². The summed E-state index contributed by atoms with van der Waals surface area (Å²) in [5.41, 5.74) is 0. The second-order valence-corrected chi connectivity index (χ2v) is 2.76. The van der Waals surface area contributed by atoms with E-state index in [9.17, 15) is 4.79 Å². The third-order valence-electron chi connectivity index (χ3n) is 1.18. The molecule has 0 N–H and O–H groups in total. The molecule has 0 aliphatic carbocycles. The number of furan rings is 1. The van der Waals surface area contributed by atoms with Gasteiger partial charge < -0.3 is 4.42 Å². The van der Waals surface area contributed by atoms with Crippen LogP contribution in [0.2, 0.25) is 0 Å². The third kappa shape index (κ3) is 2.27. The Morgan fingerprint density at radius 3 is 3.00 bits per heavy atom. The Balaban J connectivity index is 2.79. The summed E-state index contributed by atoms with van der Waals surface area (Å²) < 4.78 is 5.02. The van der Waals surface area contributed by atoms with Crippen LogP contribution in [0.15, 0.2) is 27.7 Å². The fourth-order valence-electron chi connectivity index (χ4n) is 0.655. The molecule has 0 aliphatic heterocycles. The molecule has 58 valence electrons. The van der Waals surface area contributed by atoms with E-state index < -0.39 is 0 Å². The van der Waals surface area contributed by atoms with Gasteiger partial charge in [0.05, 0.1) is 11.2 Å². The second-order valence-electron chi connectivity index (χ2n) is 1.88. The normalized spacial score (nSPS) is 11.5. The van der Waals surface area contributed by atoms with E-state index in [1.165, 1.54) is 11.8 Å². The molecule has 2 nitrogen and oxygen atoms in total. The maximum atomic E-state index is 10.3. The molecule has 1 rings (SSSR count). The highest BCUT2D eigenvalue weighted by molar-refractivity contribution is 8.03. The Morgan fingerprint density at radius 2 is 2.55 bits per heavy atom. The topological polar surface area (TPSA) is 30.2 Å². The molecule has 0 amide bonds. The summed E-state index contributed by atoms with van der Waals surface area (Å²) in [5, 5.41) is 0. The van der Waals surface area contributed by atoms with Crippen molar-refractivity contribution in [2.45, 2.75) is 0 Å². The van der Waals surface area contributed by atoms with Crippen LogP contribution < -0.4 is 0 Å². The average molecular weight is 168 g/mol. The van der Waals surface area contributed by atoms with Gasteiger partial charge in [-0.1, -0.05) is 0 Å². The molecule has 0 spiro atoms. The number of rotatable bonds is 3. The molecule has 0 fully saturated rings. The Kier molecular flexibility index (Phi) is 2.98. The smallest absolute Gasteiger partial charge is 0.156 e. The summed E-state index contributed by atoms with van der Waals surface area (Å²) in [6.45, 7) is 0. The Hall–Kier alpha value is -0.960. The molecule has 0 saturated heterocycles. The molecule has 0 radical (unpaired) electrons. The molecule has 3 heteroatoms. The van der Waals surface area contributed by atoms with Crippen LogP contribution in [0.5, 0.6) is 0 Å². The molecule has 1 aromatic rings. The molecule has 0 aromatic carbocycles. The average Bonchev–Trinajstić information content (AvgIpc) is 2.52. The number of allylic oxidation sites excluding steroid dienone is 1. The molecule has 0 bridgehead atoms. The van der Waals surface area contributed by atoms with Crippen molar-refractivity contribution in [2.75, 3.05) is 6.26 Å². The summed E-state index contributed by atoms with van der Waals surface area (Å²) in [6, 6.07) is 3.59. The Morgan fingerprint density at radius 1 is 1.73 bits per heavy atom. The van der Waals surface area contributed by atoms with Gasteiger partial charge in [-0.15, -0.1) is 11.8 Å². The van der Waals surface area contributed by atoms with Gasteiger partial charge in [-0.25, -0.2) is 0 Å². The first-order chi connectivity index (χ1) is 5.36. The van der Waals surface area contributed by atoms with Crippen molar-refractivity contribution < 1.29 is 9.21 Å². The van der Waals surface area contributed by atoms with Gasteiger partial charge in [0.1, 0.15) is 5.76 Å². The molecule has 0 saturated carbocycles. The van der Waals surface area contributed by atoms with E-state index in [2.05, 4.69) is 0 Å². The number of hydrogen-bond acceptors (Lipinski definition) is 3. The highest BCUT2D eigenvalue weighted by Crippen LogP contribution is 2.13. The molecule has 1 heterocycles. The van der Waals surface area contributed by atoms with Crippen LogP contribution in [0.3, 0.4) is 0 Å². The maximum absolute atomic E-state index is 10.3. The number of aldehydes is 1. The zero-order valence-corrected chi connectivity index (χ0v) is 6.93. The lowest BCUT2D eigenvalue weighted by Gasteiger charge is -1.89. The fraction of sp³-hybridized carbons (Fsp3) is 0.125. The minimum absolute atomic E-state index is 0.667. The van der Waals surface area contributed by atoms with Gasteiger partial charge in [0, 0.05) is 0 Å². The van der Waals surface area contributed by atoms with E-state index in [-0.39, 0.29) is 0 Å². The zero-order chi connectivity index (χ0) is 8.10. The van der Waals surface area contributed by atoms with Gasteiger partial charge in [0.15, 0.2) is 6.29 Å². The lowest BCUT2D eigenvalue weighted by atomic mass is 10.4. The van der Waals surface area contributed by atoms with Crippen molar-refractivity contribution in [3.63, 3.8) is 0 Å². The van der Waals surface area contributed by atoms with Crippen molar-refractivity contribution in [3.05, 3.63) is 29.1 Å². The third-order valence-corrected chi connectivity index (χ3v) is 1.87. The molecular formula is C8H8O2S. The highest BCUT2D eigenvalue weighted by Gasteiger charge is 1.94. The lowest BCUT2D eigenvalue weighted by Crippen LogP contribution is -1.75. The number of carbonyl (C=O) groups is 1. The highest BCUT2D eigenvalue weighted by atomic mass is 32.2. The summed E-state index contributed by atoms with van der Waals surface area (Å²) in [7, 11) is 0. The van der Waals surface area contributed by atoms with E-state index in [0.717, 1.165) is 6.29 Å². The minimum Gasteiger partial charge on any atom is -0.465 e. The van der Waals surface area contributed by atoms with Crippen LogP contribution in [0.4, 0.5) is 0 Å². The van der Waals surface area contributed by atoms with Crippen molar-refractivity contribution in [3.8, 4) is 0 Å². The first-order valence-corrected chi connectivity index (χ1v) is 4.33. The summed E-state index contributed by atoms with van der Waals surface area (Å²) in [4.78, 5) is 11.0. The van der Waals surface area contributed by atoms with Gasteiger partial charge in [-0.3, -0.25) is 4.79 Å². The maximum Gasteiger partial charge on any atom is 0.156 e. The van der Waals surface area contributed by atoms with Crippen LogP contribution in [0.25, 0.3) is 6.08 Å². The first kappa shape index (κ1) is 8.14. The van der Waals surface area contributed by atoms with Crippen LogP contribution in [-0.2, 0) is 4.79 Å². The van der Waals surface area contributed by atoms with Gasteiger partial charge in [-0.2, -0.15) is 0 Å². The van der Waals surface area contributed by atoms with E-state index in [4.69, 9.17) is 4.42 Å². The molecule has 0 aliphatic rings. The van der Waals surface area contributed by atoms with E-state index >= 15 is 0 Å². The van der Waals surface area contributed by atoms with E-state index in [0.29, 0.717) is 10.7 Å². The second kappa shape index (κ2) is 4.03. The monoisotopic (exact) mass is 168 g/mol. The number of carbonyl (C=O) groups excluding carboxylic acids is 1. The summed E-state index contributed by atoms with van der Waals surface area (Å²) >= 11 is 1.40. The number of thioether (sulfide) groups is 1. The quantitative estimate of drug-likeness (QED) is 0.512. The predicted octanol–water partition coefficient (Wildman–Crippen LogP) is 2.18. The molecule has 0 atom stereocenters. The minimum atomic E-state index is 0.667. The lowest BCUT2D eigenvalue weighted by molar-refractivity contribution is -0.104. The SMILES string of the molecule is CS/C(C=O)=C\c1ccco1. The van der Waals surface area contributed by atoms with Crippen LogP contribution in [0.1, 0.15) is 5.76 Å². The standard InChI is InChI=1S/C8H8O2S/c1-11-8(6-9)5-7-3-2-4-10-7/h2-6H,1H3/b8-5-. The molecule has 0 unspecified atom stereocenters. The van der Waals surface area contributed by atoms with Crippen molar-refractivity contribution in [1.29, 1.82) is 0 Å². The Labute approximate surface area is 69.3 Å². The zero-order valence-electron chi connectivity index (χ0n) is 6.11. The fourth-order valence-corrected chi connectivity index (χ4v) is 0.985. The van der Waals surface area contributed by atoms with Crippen molar-refractivity contribution in [1.82, 2.24) is 0 Å². The largest absolute Gasteiger partial charge is 0.465 e. The van der Waals surface area contributed by atoms with Crippen LogP contribution in [0, 0.1) is 0 Å². The van der Waals surface area contributed by atoms with Crippen molar-refractivity contribution in [2.24, 2.45) is 0 Å². The van der Waals surface area contributed by atoms with Gasteiger partial charge in [0.2, 0.25) is 0 Å². The van der Waals surface area contributed by atoms with Crippen LogP contribution in [-0.4, -0.2) is 12.5 Å². The summed E-state index contributed by atoms with van der Waals surface area (Å²) in [6.07, 6.45) is 5.95.